The minimum atomic E-state index is 0.911. The van der Waals surface area contributed by atoms with Gasteiger partial charge in [-0.1, -0.05) is 140 Å². The summed E-state index contributed by atoms with van der Waals surface area (Å²) in [5.41, 5.74) is 9.80. The van der Waals surface area contributed by atoms with E-state index in [-0.39, 0.29) is 0 Å². The van der Waals surface area contributed by atoms with Crippen molar-refractivity contribution in [2.45, 2.75) is 0 Å². The van der Waals surface area contributed by atoms with Crippen molar-refractivity contribution in [2.75, 3.05) is 0 Å². The maximum Gasteiger partial charge on any atom is 0.135 e. The number of rotatable bonds is 3. The van der Waals surface area contributed by atoms with E-state index in [1.165, 1.54) is 71.3 Å². The molecule has 0 fully saturated rings. The first kappa shape index (κ1) is 24.0. The molecule has 9 rings (SSSR count). The minimum Gasteiger partial charge on any atom is -0.456 e. The third kappa shape index (κ3) is 3.65. The van der Waals surface area contributed by atoms with Gasteiger partial charge in [0.1, 0.15) is 11.5 Å². The average Bonchev–Trinajstić information content (AvgIpc) is 3.08. The Morgan fingerprint density at radius 1 is 0.279 bits per heavy atom. The number of fused-ring (bicyclic) bond motifs is 4. The molecule has 1 nitrogen and oxygen atoms in total. The van der Waals surface area contributed by atoms with Crippen LogP contribution in [-0.2, 0) is 0 Å². The molecule has 8 aromatic rings. The molecule has 200 valence electrons. The highest BCUT2D eigenvalue weighted by atomic mass is 16.5. The predicted octanol–water partition coefficient (Wildman–Crippen LogP) is 11.9. The van der Waals surface area contributed by atoms with Crippen molar-refractivity contribution in [3.63, 3.8) is 0 Å². The smallest absolute Gasteiger partial charge is 0.135 e. The van der Waals surface area contributed by atoms with Crippen LogP contribution >= 0.6 is 0 Å². The summed E-state index contributed by atoms with van der Waals surface area (Å²) in [6.07, 6.45) is 0. The maximum atomic E-state index is 6.43. The van der Waals surface area contributed by atoms with Crippen molar-refractivity contribution in [1.29, 1.82) is 0 Å². The Morgan fingerprint density at radius 2 is 0.814 bits per heavy atom. The van der Waals surface area contributed by atoms with Crippen molar-refractivity contribution in [1.82, 2.24) is 0 Å². The second-order valence-electron chi connectivity index (χ2n) is 11.2. The number of hydrogen-bond acceptors (Lipinski definition) is 1. The molecule has 0 bridgehead atoms. The lowest BCUT2D eigenvalue weighted by Crippen LogP contribution is -1.98. The topological polar surface area (TPSA) is 9.23 Å². The van der Waals surface area contributed by atoms with Gasteiger partial charge in [0.15, 0.2) is 0 Å². The average molecular weight is 547 g/mol. The van der Waals surface area contributed by atoms with Gasteiger partial charge < -0.3 is 4.74 Å². The Hall–Kier alpha value is -5.66. The zero-order valence-corrected chi connectivity index (χ0v) is 23.4. The first-order valence-corrected chi connectivity index (χ1v) is 14.8. The molecule has 0 radical (unpaired) electrons. The number of benzene rings is 8. The van der Waals surface area contributed by atoms with Crippen LogP contribution in [0.3, 0.4) is 0 Å². The fourth-order valence-corrected chi connectivity index (χ4v) is 6.99. The molecular formula is C42H26O. The monoisotopic (exact) mass is 546 g/mol. The highest BCUT2D eigenvalue weighted by Crippen LogP contribution is 2.51. The van der Waals surface area contributed by atoms with E-state index >= 15 is 0 Å². The van der Waals surface area contributed by atoms with E-state index in [1.807, 2.05) is 6.07 Å². The zero-order chi connectivity index (χ0) is 28.3. The van der Waals surface area contributed by atoms with E-state index in [1.54, 1.807) is 0 Å². The molecule has 1 aliphatic heterocycles. The second kappa shape index (κ2) is 9.44. The fourth-order valence-electron chi connectivity index (χ4n) is 6.99. The van der Waals surface area contributed by atoms with Crippen molar-refractivity contribution in [3.05, 3.63) is 158 Å². The van der Waals surface area contributed by atoms with Gasteiger partial charge in [0, 0.05) is 10.9 Å². The van der Waals surface area contributed by atoms with E-state index in [2.05, 4.69) is 152 Å². The normalized spacial score (nSPS) is 11.9. The van der Waals surface area contributed by atoms with Crippen molar-refractivity contribution >= 4 is 32.3 Å². The molecular weight excluding hydrogens is 520 g/mol. The first-order valence-electron chi connectivity index (χ1n) is 14.8. The van der Waals surface area contributed by atoms with Crippen molar-refractivity contribution in [3.8, 4) is 56.0 Å². The van der Waals surface area contributed by atoms with Crippen LogP contribution in [0, 0.1) is 0 Å². The lowest BCUT2D eigenvalue weighted by Gasteiger charge is -2.24. The minimum absolute atomic E-state index is 0.911. The van der Waals surface area contributed by atoms with Crippen LogP contribution in [-0.4, -0.2) is 0 Å². The molecule has 0 saturated carbocycles. The van der Waals surface area contributed by atoms with Crippen molar-refractivity contribution in [2.24, 2.45) is 0 Å². The van der Waals surface area contributed by atoms with E-state index in [0.29, 0.717) is 0 Å². The quantitative estimate of drug-likeness (QED) is 0.200. The largest absolute Gasteiger partial charge is 0.456 e. The fraction of sp³-hybridized carbons (Fsp3) is 0. The molecule has 1 heterocycles. The maximum absolute atomic E-state index is 6.43. The Bertz CT molecular complexity index is 2290. The molecule has 0 amide bonds. The van der Waals surface area contributed by atoms with Crippen LogP contribution in [0.25, 0.3) is 76.8 Å². The van der Waals surface area contributed by atoms with Gasteiger partial charge >= 0.3 is 0 Å². The zero-order valence-electron chi connectivity index (χ0n) is 23.4. The summed E-state index contributed by atoms with van der Waals surface area (Å²) < 4.78 is 6.43. The summed E-state index contributed by atoms with van der Waals surface area (Å²) >= 11 is 0. The summed E-state index contributed by atoms with van der Waals surface area (Å²) in [4.78, 5) is 0. The summed E-state index contributed by atoms with van der Waals surface area (Å²) in [7, 11) is 0. The third-order valence-electron chi connectivity index (χ3n) is 8.88. The van der Waals surface area contributed by atoms with Crippen LogP contribution in [0.5, 0.6) is 11.5 Å². The van der Waals surface area contributed by atoms with Gasteiger partial charge in [-0.15, -0.1) is 0 Å². The molecule has 0 unspecified atom stereocenters. The van der Waals surface area contributed by atoms with Crippen LogP contribution < -0.4 is 4.74 Å². The van der Waals surface area contributed by atoms with E-state index in [4.69, 9.17) is 4.74 Å². The summed E-state index contributed by atoms with van der Waals surface area (Å²) in [5, 5.41) is 7.39. The standard InChI is InChI=1S/C42H26O/c1-2-11-27(12-3-1)28-21-23-29(24-22-28)40-32-14-4-6-16-34(32)41(35-17-7-5-15-33(35)40)37-25-26-39-42-31(18-10-19-36(37)42)30-13-8-9-20-38(30)43-39/h1-26H. The van der Waals surface area contributed by atoms with Gasteiger partial charge in [-0.05, 0) is 84.1 Å². The van der Waals surface area contributed by atoms with Gasteiger partial charge in [0.25, 0.3) is 0 Å². The molecule has 0 spiro atoms. The van der Waals surface area contributed by atoms with E-state index in [9.17, 15) is 0 Å². The highest BCUT2D eigenvalue weighted by molar-refractivity contribution is 6.24. The second-order valence-corrected chi connectivity index (χ2v) is 11.2. The molecule has 0 N–H and O–H groups in total. The summed E-state index contributed by atoms with van der Waals surface area (Å²) in [6, 6.07) is 56.7. The molecule has 0 aliphatic carbocycles. The van der Waals surface area contributed by atoms with Crippen LogP contribution in [0.15, 0.2) is 158 Å². The molecule has 43 heavy (non-hydrogen) atoms. The summed E-state index contributed by atoms with van der Waals surface area (Å²) in [5.74, 6) is 1.82. The Kier molecular flexibility index (Phi) is 5.27. The van der Waals surface area contributed by atoms with Crippen LogP contribution in [0.4, 0.5) is 0 Å². The van der Waals surface area contributed by atoms with Crippen LogP contribution in [0.2, 0.25) is 0 Å². The first-order chi connectivity index (χ1) is 21.3. The SMILES string of the molecule is c1ccc(-c2ccc(-c3c4ccccc4c(-c4ccc5c6c(cccc46)-c4ccccc4O5)c4ccccc34)cc2)cc1. The summed E-state index contributed by atoms with van der Waals surface area (Å²) in [6.45, 7) is 0. The van der Waals surface area contributed by atoms with Crippen LogP contribution in [0.1, 0.15) is 0 Å². The third-order valence-corrected chi connectivity index (χ3v) is 8.88. The van der Waals surface area contributed by atoms with Gasteiger partial charge in [-0.25, -0.2) is 0 Å². The molecule has 0 atom stereocenters. The van der Waals surface area contributed by atoms with Crippen molar-refractivity contribution < 1.29 is 4.74 Å². The lowest BCUT2D eigenvalue weighted by atomic mass is 9.83. The molecule has 1 heteroatoms. The lowest BCUT2D eigenvalue weighted by molar-refractivity contribution is 0.487. The number of para-hydroxylation sites is 1. The van der Waals surface area contributed by atoms with E-state index in [0.717, 1.165) is 17.1 Å². The molecule has 0 saturated heterocycles. The van der Waals surface area contributed by atoms with E-state index < -0.39 is 0 Å². The Labute approximate surface area is 250 Å². The molecule has 0 aromatic heterocycles. The predicted molar refractivity (Wildman–Crippen MR) is 181 cm³/mol. The van der Waals surface area contributed by atoms with Gasteiger partial charge in [0.05, 0.1) is 0 Å². The van der Waals surface area contributed by atoms with Gasteiger partial charge in [0.2, 0.25) is 0 Å². The Morgan fingerprint density at radius 3 is 1.53 bits per heavy atom. The van der Waals surface area contributed by atoms with Gasteiger partial charge in [-0.2, -0.15) is 0 Å². The number of hydrogen-bond donors (Lipinski definition) is 0. The highest BCUT2D eigenvalue weighted by Gasteiger charge is 2.23. The van der Waals surface area contributed by atoms with Gasteiger partial charge in [-0.3, -0.25) is 0 Å². The molecule has 1 aliphatic rings. The number of ether oxygens (including phenoxy) is 1. The Balaban J connectivity index is 1.33. The molecule has 8 aromatic carbocycles.